The van der Waals surface area contributed by atoms with Crippen LogP contribution in [0.3, 0.4) is 0 Å². The van der Waals surface area contributed by atoms with Crippen LogP contribution in [0.25, 0.3) is 0 Å². The Bertz CT molecular complexity index is 596. The van der Waals surface area contributed by atoms with Crippen LogP contribution < -0.4 is 10.6 Å². The standard InChI is InChI=1S/C18H25ClFN3O.ClH/c1-2-23-10-7-16(22-18(24)12-5-8-21-9-6-12)17(23)13-3-4-14(19)15(20)11-13;/h3-4,11-12,16-17,21H,2,5-10H2,1H3,(H,22,24);1H. The molecule has 1 aromatic carbocycles. The van der Waals surface area contributed by atoms with Gasteiger partial charge in [0.2, 0.25) is 5.91 Å². The van der Waals surface area contributed by atoms with Crippen LogP contribution in [-0.2, 0) is 4.79 Å². The zero-order valence-corrected chi connectivity index (χ0v) is 16.0. The van der Waals surface area contributed by atoms with Crippen molar-refractivity contribution in [2.45, 2.75) is 38.3 Å². The number of carbonyl (C=O) groups is 1. The zero-order chi connectivity index (χ0) is 17.1. The molecule has 2 aliphatic heterocycles. The lowest BCUT2D eigenvalue weighted by Gasteiger charge is -2.30. The van der Waals surface area contributed by atoms with Gasteiger partial charge in [-0.25, -0.2) is 4.39 Å². The van der Waals surface area contributed by atoms with E-state index in [1.807, 2.05) is 6.07 Å². The number of piperidine rings is 1. The van der Waals surface area contributed by atoms with Gasteiger partial charge in [0.15, 0.2) is 0 Å². The molecule has 1 amide bonds. The summed E-state index contributed by atoms with van der Waals surface area (Å²) in [6, 6.07) is 5.00. The number of halogens is 3. The summed E-state index contributed by atoms with van der Waals surface area (Å²) >= 11 is 5.82. The smallest absolute Gasteiger partial charge is 0.223 e. The van der Waals surface area contributed by atoms with Gasteiger partial charge < -0.3 is 10.6 Å². The van der Waals surface area contributed by atoms with E-state index in [1.54, 1.807) is 6.07 Å². The van der Waals surface area contributed by atoms with Crippen molar-refractivity contribution >= 4 is 29.9 Å². The molecule has 140 valence electrons. The van der Waals surface area contributed by atoms with E-state index in [1.165, 1.54) is 6.07 Å². The Labute approximate surface area is 159 Å². The van der Waals surface area contributed by atoms with Gasteiger partial charge in [-0.2, -0.15) is 0 Å². The van der Waals surface area contributed by atoms with Crippen molar-refractivity contribution in [2.24, 2.45) is 5.92 Å². The first-order valence-electron chi connectivity index (χ1n) is 8.80. The highest BCUT2D eigenvalue weighted by Crippen LogP contribution is 2.34. The summed E-state index contributed by atoms with van der Waals surface area (Å²) in [6.07, 6.45) is 2.66. The summed E-state index contributed by atoms with van der Waals surface area (Å²) in [5.74, 6) is -0.177. The molecule has 0 aliphatic carbocycles. The maximum Gasteiger partial charge on any atom is 0.223 e. The third kappa shape index (κ3) is 4.64. The second-order valence-corrected chi connectivity index (χ2v) is 7.08. The van der Waals surface area contributed by atoms with E-state index in [-0.39, 0.29) is 41.3 Å². The number of likely N-dealkylation sites (N-methyl/N-ethyl adjacent to an activating group) is 1. The Morgan fingerprint density at radius 3 is 2.72 bits per heavy atom. The molecular formula is C18H26Cl2FN3O. The predicted molar refractivity (Wildman–Crippen MR) is 101 cm³/mol. The Hall–Kier alpha value is -0.880. The SMILES string of the molecule is CCN1CCC(NC(=O)C2CCNCC2)C1c1ccc(Cl)c(F)c1.Cl. The maximum atomic E-state index is 13.9. The van der Waals surface area contributed by atoms with E-state index >= 15 is 0 Å². The van der Waals surface area contributed by atoms with Crippen LogP contribution in [0.4, 0.5) is 4.39 Å². The lowest BCUT2D eigenvalue weighted by atomic mass is 9.95. The number of nitrogens with one attached hydrogen (secondary N) is 2. The molecule has 0 saturated carbocycles. The number of likely N-dealkylation sites (tertiary alicyclic amines) is 1. The van der Waals surface area contributed by atoms with Crippen molar-refractivity contribution in [3.05, 3.63) is 34.6 Å². The number of nitrogens with zero attached hydrogens (tertiary/aromatic N) is 1. The normalized spacial score (nSPS) is 24.8. The van der Waals surface area contributed by atoms with Gasteiger partial charge in [-0.3, -0.25) is 9.69 Å². The topological polar surface area (TPSA) is 44.4 Å². The number of amides is 1. The highest BCUT2D eigenvalue weighted by molar-refractivity contribution is 6.30. The molecule has 2 fully saturated rings. The quantitative estimate of drug-likeness (QED) is 0.830. The highest BCUT2D eigenvalue weighted by Gasteiger charge is 2.36. The van der Waals surface area contributed by atoms with Crippen molar-refractivity contribution in [1.82, 2.24) is 15.5 Å². The van der Waals surface area contributed by atoms with Crippen molar-refractivity contribution in [2.75, 3.05) is 26.2 Å². The molecule has 2 aliphatic rings. The fourth-order valence-corrected chi connectivity index (χ4v) is 4.00. The van der Waals surface area contributed by atoms with E-state index in [0.29, 0.717) is 0 Å². The van der Waals surface area contributed by atoms with Crippen LogP contribution in [-0.4, -0.2) is 43.0 Å². The van der Waals surface area contributed by atoms with Gasteiger partial charge >= 0.3 is 0 Å². The molecule has 0 radical (unpaired) electrons. The molecule has 1 aromatic rings. The molecular weight excluding hydrogens is 364 g/mol. The van der Waals surface area contributed by atoms with Crippen LogP contribution in [0.1, 0.15) is 37.8 Å². The largest absolute Gasteiger partial charge is 0.351 e. The number of hydrogen-bond donors (Lipinski definition) is 2. The molecule has 2 heterocycles. The van der Waals surface area contributed by atoms with Gasteiger partial charge in [0.25, 0.3) is 0 Å². The molecule has 3 rings (SSSR count). The molecule has 2 atom stereocenters. The minimum absolute atomic E-state index is 0. The molecule has 7 heteroatoms. The second kappa shape index (κ2) is 9.17. The molecule has 0 spiro atoms. The van der Waals surface area contributed by atoms with Crippen LogP contribution in [0.15, 0.2) is 18.2 Å². The highest BCUT2D eigenvalue weighted by atomic mass is 35.5. The Balaban J connectivity index is 0.00000225. The lowest BCUT2D eigenvalue weighted by molar-refractivity contribution is -0.126. The number of carbonyl (C=O) groups excluding carboxylic acids is 1. The third-order valence-corrected chi connectivity index (χ3v) is 5.54. The lowest BCUT2D eigenvalue weighted by Crippen LogP contribution is -2.44. The maximum absolute atomic E-state index is 13.9. The van der Waals surface area contributed by atoms with Crippen molar-refractivity contribution in [1.29, 1.82) is 0 Å². The Morgan fingerprint density at radius 1 is 1.36 bits per heavy atom. The van der Waals surface area contributed by atoms with E-state index in [4.69, 9.17) is 11.6 Å². The Kier molecular flexibility index (Phi) is 7.50. The van der Waals surface area contributed by atoms with Gasteiger partial charge in [0.1, 0.15) is 5.82 Å². The van der Waals surface area contributed by atoms with E-state index in [9.17, 15) is 9.18 Å². The second-order valence-electron chi connectivity index (χ2n) is 6.68. The molecule has 2 saturated heterocycles. The molecule has 2 N–H and O–H groups in total. The average molecular weight is 390 g/mol. The summed E-state index contributed by atoms with van der Waals surface area (Å²) in [5, 5.41) is 6.65. The van der Waals surface area contributed by atoms with Gasteiger partial charge in [-0.05, 0) is 56.6 Å². The molecule has 4 nitrogen and oxygen atoms in total. The van der Waals surface area contributed by atoms with Gasteiger partial charge in [0, 0.05) is 18.5 Å². The van der Waals surface area contributed by atoms with Crippen molar-refractivity contribution < 1.29 is 9.18 Å². The summed E-state index contributed by atoms with van der Waals surface area (Å²) in [7, 11) is 0. The van der Waals surface area contributed by atoms with Crippen LogP contribution >= 0.6 is 24.0 Å². The third-order valence-electron chi connectivity index (χ3n) is 5.23. The monoisotopic (exact) mass is 389 g/mol. The minimum Gasteiger partial charge on any atom is -0.351 e. The van der Waals surface area contributed by atoms with Crippen molar-refractivity contribution in [3.63, 3.8) is 0 Å². The molecule has 0 bridgehead atoms. The average Bonchev–Trinajstić information content (AvgIpc) is 3.00. The number of hydrogen-bond acceptors (Lipinski definition) is 3. The van der Waals surface area contributed by atoms with Crippen LogP contribution in [0.5, 0.6) is 0 Å². The first-order valence-corrected chi connectivity index (χ1v) is 9.18. The number of rotatable bonds is 4. The van der Waals surface area contributed by atoms with Gasteiger partial charge in [-0.15, -0.1) is 12.4 Å². The first-order chi connectivity index (χ1) is 11.6. The van der Waals surface area contributed by atoms with Crippen molar-refractivity contribution in [3.8, 4) is 0 Å². The summed E-state index contributed by atoms with van der Waals surface area (Å²) in [6.45, 7) is 5.67. The van der Waals surface area contributed by atoms with E-state index < -0.39 is 5.82 Å². The predicted octanol–water partition coefficient (Wildman–Crippen LogP) is 3.15. The molecule has 0 aromatic heterocycles. The first kappa shape index (κ1) is 20.4. The fourth-order valence-electron chi connectivity index (χ4n) is 3.89. The van der Waals surface area contributed by atoms with Gasteiger partial charge in [0.05, 0.1) is 11.1 Å². The minimum atomic E-state index is -0.402. The summed E-state index contributed by atoms with van der Waals surface area (Å²) < 4.78 is 13.9. The fraction of sp³-hybridized carbons (Fsp3) is 0.611. The summed E-state index contributed by atoms with van der Waals surface area (Å²) in [5.41, 5.74) is 0.881. The van der Waals surface area contributed by atoms with Crippen LogP contribution in [0.2, 0.25) is 5.02 Å². The number of benzene rings is 1. The summed E-state index contributed by atoms with van der Waals surface area (Å²) in [4.78, 5) is 14.9. The van der Waals surface area contributed by atoms with Gasteiger partial charge in [-0.1, -0.05) is 24.6 Å². The van der Waals surface area contributed by atoms with E-state index in [0.717, 1.165) is 51.0 Å². The van der Waals surface area contributed by atoms with E-state index in [2.05, 4.69) is 22.5 Å². The zero-order valence-electron chi connectivity index (χ0n) is 14.4. The van der Waals surface area contributed by atoms with Crippen LogP contribution in [0, 0.1) is 11.7 Å². The molecule has 25 heavy (non-hydrogen) atoms. The molecule has 2 unspecified atom stereocenters. The Morgan fingerprint density at radius 2 is 2.08 bits per heavy atom.